The Morgan fingerprint density at radius 1 is 1.47 bits per heavy atom. The summed E-state index contributed by atoms with van der Waals surface area (Å²) in [5.74, 6) is 0.800. The summed E-state index contributed by atoms with van der Waals surface area (Å²) in [6.45, 7) is 4.89. The molecule has 1 rings (SSSR count). The highest BCUT2D eigenvalue weighted by atomic mass is 32.1. The van der Waals surface area contributed by atoms with Gasteiger partial charge in [0, 0.05) is 6.54 Å². The molecule has 1 atom stereocenters. The molecule has 1 unspecified atom stereocenters. The van der Waals surface area contributed by atoms with Gasteiger partial charge in [-0.2, -0.15) is 0 Å². The Morgan fingerprint density at radius 2 is 2.12 bits per heavy atom. The molecule has 0 aliphatic heterocycles. The van der Waals surface area contributed by atoms with Crippen LogP contribution in [0.5, 0.6) is 5.75 Å². The molecule has 0 saturated carbocycles. The van der Waals surface area contributed by atoms with Gasteiger partial charge in [-0.05, 0) is 39.6 Å². The number of nitrogens with two attached hydrogens (primary N) is 1. The van der Waals surface area contributed by atoms with Crippen LogP contribution in [0.4, 0.5) is 0 Å². The lowest BCUT2D eigenvalue weighted by Crippen LogP contribution is -2.29. The van der Waals surface area contributed by atoms with Gasteiger partial charge in [-0.15, -0.1) is 0 Å². The first-order valence-electron chi connectivity index (χ1n) is 5.62. The van der Waals surface area contributed by atoms with Gasteiger partial charge in [0.15, 0.2) is 0 Å². The summed E-state index contributed by atoms with van der Waals surface area (Å²) in [5, 5.41) is 0. The normalized spacial score (nSPS) is 12.5. The molecule has 0 fully saturated rings. The molecule has 94 valence electrons. The predicted octanol–water partition coefficient (Wildman–Crippen LogP) is 1.96. The van der Waals surface area contributed by atoms with Crippen molar-refractivity contribution in [1.82, 2.24) is 4.90 Å². The van der Waals surface area contributed by atoms with Gasteiger partial charge in [0.05, 0.1) is 5.56 Å². The number of hydrogen-bond acceptors (Lipinski definition) is 3. The largest absolute Gasteiger partial charge is 0.488 e. The Labute approximate surface area is 109 Å². The van der Waals surface area contributed by atoms with Crippen molar-refractivity contribution in [2.75, 3.05) is 20.6 Å². The number of thiocarbonyl (C=S) groups is 1. The van der Waals surface area contributed by atoms with Crippen molar-refractivity contribution in [3.63, 3.8) is 0 Å². The summed E-state index contributed by atoms with van der Waals surface area (Å²) in [4.78, 5) is 2.46. The zero-order valence-electron chi connectivity index (χ0n) is 10.9. The van der Waals surface area contributed by atoms with E-state index in [1.165, 1.54) is 0 Å². The lowest BCUT2D eigenvalue weighted by atomic mass is 10.1. The van der Waals surface area contributed by atoms with Gasteiger partial charge >= 0.3 is 0 Å². The third-order valence-corrected chi connectivity index (χ3v) is 2.64. The molecule has 0 aliphatic carbocycles. The van der Waals surface area contributed by atoms with Gasteiger partial charge in [-0.1, -0.05) is 24.4 Å². The van der Waals surface area contributed by atoms with Gasteiger partial charge in [0.2, 0.25) is 0 Å². The van der Waals surface area contributed by atoms with Crippen LogP contribution in [-0.4, -0.2) is 36.6 Å². The minimum absolute atomic E-state index is 0.0965. The Bertz CT molecular complexity index is 404. The third-order valence-electron chi connectivity index (χ3n) is 2.42. The van der Waals surface area contributed by atoms with E-state index in [9.17, 15) is 0 Å². The third kappa shape index (κ3) is 3.98. The summed E-state index contributed by atoms with van der Waals surface area (Å²) in [5.41, 5.74) is 7.57. The van der Waals surface area contributed by atoms with E-state index in [0.29, 0.717) is 4.99 Å². The highest BCUT2D eigenvalue weighted by Crippen LogP contribution is 2.24. The number of likely N-dealkylation sites (N-methyl/N-ethyl adjacent to an activating group) is 1. The highest BCUT2D eigenvalue weighted by Gasteiger charge is 2.13. The molecule has 0 aliphatic rings. The summed E-state index contributed by atoms with van der Waals surface area (Å²) in [6.07, 6.45) is 0.0965. The topological polar surface area (TPSA) is 38.5 Å². The maximum absolute atomic E-state index is 5.94. The second kappa shape index (κ2) is 5.98. The average Bonchev–Trinajstić information content (AvgIpc) is 2.19. The maximum atomic E-state index is 5.94. The molecule has 17 heavy (non-hydrogen) atoms. The fourth-order valence-corrected chi connectivity index (χ4v) is 1.92. The molecular formula is C13H20N2OS. The molecule has 0 aromatic heterocycles. The fraction of sp³-hybridized carbons (Fsp3) is 0.462. The SMILES string of the molecule is Cc1cccc(C(N)=S)c1OC(C)CN(C)C. The summed E-state index contributed by atoms with van der Waals surface area (Å²) in [7, 11) is 4.04. The zero-order valence-corrected chi connectivity index (χ0v) is 11.7. The second-order valence-corrected chi connectivity index (χ2v) is 4.95. The monoisotopic (exact) mass is 252 g/mol. The van der Waals surface area contributed by atoms with Crippen molar-refractivity contribution >= 4 is 17.2 Å². The van der Waals surface area contributed by atoms with E-state index in [1.807, 2.05) is 46.1 Å². The van der Waals surface area contributed by atoms with Crippen molar-refractivity contribution in [3.8, 4) is 5.75 Å². The number of aryl methyl sites for hydroxylation is 1. The molecule has 1 aromatic carbocycles. The van der Waals surface area contributed by atoms with Crippen molar-refractivity contribution < 1.29 is 4.74 Å². The van der Waals surface area contributed by atoms with E-state index in [0.717, 1.165) is 23.4 Å². The minimum Gasteiger partial charge on any atom is -0.488 e. The van der Waals surface area contributed by atoms with Crippen LogP contribution < -0.4 is 10.5 Å². The average molecular weight is 252 g/mol. The van der Waals surface area contributed by atoms with Crippen LogP contribution in [0.3, 0.4) is 0 Å². The molecular weight excluding hydrogens is 232 g/mol. The Balaban J connectivity index is 2.92. The minimum atomic E-state index is 0.0965. The number of nitrogens with zero attached hydrogens (tertiary/aromatic N) is 1. The smallest absolute Gasteiger partial charge is 0.132 e. The van der Waals surface area contributed by atoms with Gasteiger partial charge in [-0.3, -0.25) is 0 Å². The molecule has 3 nitrogen and oxygen atoms in total. The van der Waals surface area contributed by atoms with Crippen molar-refractivity contribution in [1.29, 1.82) is 0 Å². The Kier molecular flexibility index (Phi) is 4.90. The highest BCUT2D eigenvalue weighted by molar-refractivity contribution is 7.80. The second-order valence-electron chi connectivity index (χ2n) is 4.51. The number of hydrogen-bond donors (Lipinski definition) is 1. The van der Waals surface area contributed by atoms with Crippen molar-refractivity contribution in [2.24, 2.45) is 5.73 Å². The lowest BCUT2D eigenvalue weighted by molar-refractivity contribution is 0.175. The molecule has 0 amide bonds. The number of ether oxygens (including phenoxy) is 1. The summed E-state index contributed by atoms with van der Waals surface area (Å²) >= 11 is 5.04. The van der Waals surface area contributed by atoms with Gasteiger partial charge < -0.3 is 15.4 Å². The first-order valence-corrected chi connectivity index (χ1v) is 6.03. The molecule has 4 heteroatoms. The zero-order chi connectivity index (χ0) is 13.0. The summed E-state index contributed by atoms with van der Waals surface area (Å²) < 4.78 is 5.94. The Morgan fingerprint density at radius 3 is 2.65 bits per heavy atom. The van der Waals surface area contributed by atoms with E-state index in [2.05, 4.69) is 4.90 Å². The van der Waals surface area contributed by atoms with E-state index < -0.39 is 0 Å². The number of rotatable bonds is 5. The fourth-order valence-electron chi connectivity index (χ4n) is 1.76. The van der Waals surface area contributed by atoms with E-state index in [-0.39, 0.29) is 6.10 Å². The van der Waals surface area contributed by atoms with Crippen LogP contribution in [0.2, 0.25) is 0 Å². The van der Waals surface area contributed by atoms with Crippen LogP contribution in [-0.2, 0) is 0 Å². The van der Waals surface area contributed by atoms with Crippen LogP contribution in [0.15, 0.2) is 18.2 Å². The molecule has 1 aromatic rings. The quantitative estimate of drug-likeness (QED) is 0.813. The van der Waals surface area contributed by atoms with E-state index in [4.69, 9.17) is 22.7 Å². The maximum Gasteiger partial charge on any atom is 0.132 e. The van der Waals surface area contributed by atoms with Crippen molar-refractivity contribution in [3.05, 3.63) is 29.3 Å². The molecule has 0 heterocycles. The van der Waals surface area contributed by atoms with Gasteiger partial charge in [0.1, 0.15) is 16.8 Å². The molecule has 0 saturated heterocycles. The molecule has 0 radical (unpaired) electrons. The van der Waals surface area contributed by atoms with Crippen LogP contribution in [0.25, 0.3) is 0 Å². The van der Waals surface area contributed by atoms with Crippen LogP contribution in [0, 0.1) is 6.92 Å². The molecule has 0 spiro atoms. The first kappa shape index (κ1) is 13.9. The first-order chi connectivity index (χ1) is 7.91. The molecule has 2 N–H and O–H groups in total. The van der Waals surface area contributed by atoms with E-state index in [1.54, 1.807) is 0 Å². The Hall–Kier alpha value is -1.13. The summed E-state index contributed by atoms with van der Waals surface area (Å²) in [6, 6.07) is 5.83. The van der Waals surface area contributed by atoms with Crippen LogP contribution in [0.1, 0.15) is 18.1 Å². The number of para-hydroxylation sites is 1. The van der Waals surface area contributed by atoms with Gasteiger partial charge in [-0.25, -0.2) is 0 Å². The predicted molar refractivity (Wildman–Crippen MR) is 75.7 cm³/mol. The standard InChI is InChI=1S/C13H20N2OS/c1-9-6-5-7-11(13(14)17)12(9)16-10(2)8-15(3)4/h5-7,10H,8H2,1-4H3,(H2,14,17). The van der Waals surface area contributed by atoms with Crippen LogP contribution >= 0.6 is 12.2 Å². The lowest BCUT2D eigenvalue weighted by Gasteiger charge is -2.21. The molecule has 0 bridgehead atoms. The number of benzene rings is 1. The van der Waals surface area contributed by atoms with Gasteiger partial charge in [0.25, 0.3) is 0 Å². The van der Waals surface area contributed by atoms with E-state index >= 15 is 0 Å². The van der Waals surface area contributed by atoms with Crippen molar-refractivity contribution in [2.45, 2.75) is 20.0 Å².